The zero-order valence-corrected chi connectivity index (χ0v) is 14.8. The van der Waals surface area contributed by atoms with E-state index in [2.05, 4.69) is 4.98 Å². The molecule has 0 aliphatic heterocycles. The number of hydrogen-bond donors (Lipinski definition) is 0. The van der Waals surface area contributed by atoms with Crippen LogP contribution in [0.1, 0.15) is 27.4 Å². The minimum Gasteiger partial charge on any atom is -0.467 e. The van der Waals surface area contributed by atoms with Gasteiger partial charge in [-0.3, -0.25) is 9.78 Å². The quantitative estimate of drug-likeness (QED) is 0.687. The summed E-state index contributed by atoms with van der Waals surface area (Å²) in [5, 5.41) is 0.971. The Labute approximate surface area is 147 Å². The van der Waals surface area contributed by atoms with Crippen molar-refractivity contribution in [3.63, 3.8) is 0 Å². The molecule has 0 fully saturated rings. The van der Waals surface area contributed by atoms with Gasteiger partial charge in [0.25, 0.3) is 5.91 Å². The second-order valence-corrected chi connectivity index (χ2v) is 6.12. The predicted octanol–water partition coefficient (Wildman–Crippen LogP) is 3.73. The number of nitrogens with zero attached hydrogens (tertiary/aromatic N) is 2. The lowest BCUT2D eigenvalue weighted by atomic mass is 10.1. The largest absolute Gasteiger partial charge is 0.467 e. The standard InChI is InChI=1S/C20H22N2O3/c1-14-6-7-19-16(11-14)12-18(15(2)21-19)20(23)22(8-10-24-3)13-17-5-4-9-25-17/h4-7,9,11-12H,8,10,13H2,1-3H3. The van der Waals surface area contributed by atoms with Crippen molar-refractivity contribution in [2.75, 3.05) is 20.3 Å². The SMILES string of the molecule is COCCN(Cc1ccco1)C(=O)c1cc2cc(C)ccc2nc1C. The number of amides is 1. The smallest absolute Gasteiger partial charge is 0.256 e. The normalized spacial score (nSPS) is 11.0. The summed E-state index contributed by atoms with van der Waals surface area (Å²) in [6, 6.07) is 11.7. The van der Waals surface area contributed by atoms with Gasteiger partial charge in [-0.15, -0.1) is 0 Å². The minimum absolute atomic E-state index is 0.0677. The van der Waals surface area contributed by atoms with E-state index in [1.165, 1.54) is 0 Å². The number of aromatic nitrogens is 1. The summed E-state index contributed by atoms with van der Waals surface area (Å²) in [7, 11) is 1.63. The molecule has 0 saturated carbocycles. The molecular weight excluding hydrogens is 316 g/mol. The lowest BCUT2D eigenvalue weighted by Crippen LogP contribution is -2.34. The molecule has 0 aliphatic rings. The van der Waals surface area contributed by atoms with Gasteiger partial charge in [-0.25, -0.2) is 0 Å². The average molecular weight is 338 g/mol. The van der Waals surface area contributed by atoms with Gasteiger partial charge in [0.05, 0.1) is 36.2 Å². The van der Waals surface area contributed by atoms with Crippen LogP contribution in [0.15, 0.2) is 47.1 Å². The first-order valence-electron chi connectivity index (χ1n) is 8.27. The molecule has 0 radical (unpaired) electrons. The molecule has 0 saturated heterocycles. The highest BCUT2D eigenvalue weighted by atomic mass is 16.5. The number of carbonyl (C=O) groups is 1. The number of benzene rings is 1. The van der Waals surface area contributed by atoms with E-state index in [-0.39, 0.29) is 5.91 Å². The van der Waals surface area contributed by atoms with E-state index in [0.29, 0.717) is 25.3 Å². The van der Waals surface area contributed by atoms with E-state index < -0.39 is 0 Å². The molecule has 3 aromatic rings. The Morgan fingerprint density at radius 3 is 2.80 bits per heavy atom. The van der Waals surface area contributed by atoms with Gasteiger partial charge in [-0.05, 0) is 44.2 Å². The molecule has 3 rings (SSSR count). The van der Waals surface area contributed by atoms with Crippen LogP contribution in [0.3, 0.4) is 0 Å². The summed E-state index contributed by atoms with van der Waals surface area (Å²) >= 11 is 0. The van der Waals surface area contributed by atoms with Crippen LogP contribution in [-0.2, 0) is 11.3 Å². The topological polar surface area (TPSA) is 55.6 Å². The molecular formula is C20H22N2O3. The van der Waals surface area contributed by atoms with Crippen molar-refractivity contribution in [1.82, 2.24) is 9.88 Å². The Bertz CT molecular complexity index is 872. The first-order chi connectivity index (χ1) is 12.1. The second kappa shape index (κ2) is 7.49. The van der Waals surface area contributed by atoms with Gasteiger partial charge in [-0.2, -0.15) is 0 Å². The van der Waals surface area contributed by atoms with E-state index in [9.17, 15) is 4.79 Å². The van der Waals surface area contributed by atoms with Crippen LogP contribution in [0, 0.1) is 13.8 Å². The Morgan fingerprint density at radius 1 is 1.24 bits per heavy atom. The molecule has 0 aliphatic carbocycles. The van der Waals surface area contributed by atoms with Gasteiger partial charge in [-0.1, -0.05) is 11.6 Å². The average Bonchev–Trinajstić information content (AvgIpc) is 3.11. The molecule has 2 aromatic heterocycles. The molecule has 0 N–H and O–H groups in total. The number of ether oxygens (including phenoxy) is 1. The highest BCUT2D eigenvalue weighted by Gasteiger charge is 2.20. The maximum Gasteiger partial charge on any atom is 0.256 e. The summed E-state index contributed by atoms with van der Waals surface area (Å²) in [6.07, 6.45) is 1.61. The molecule has 25 heavy (non-hydrogen) atoms. The molecule has 0 spiro atoms. The highest BCUT2D eigenvalue weighted by Crippen LogP contribution is 2.20. The monoisotopic (exact) mass is 338 g/mol. The highest BCUT2D eigenvalue weighted by molar-refractivity contribution is 5.98. The van der Waals surface area contributed by atoms with Crippen LogP contribution < -0.4 is 0 Å². The molecule has 0 atom stereocenters. The summed E-state index contributed by atoms with van der Waals surface area (Å²) in [5.74, 6) is 0.675. The lowest BCUT2D eigenvalue weighted by molar-refractivity contribution is 0.0665. The predicted molar refractivity (Wildman–Crippen MR) is 96.5 cm³/mol. The van der Waals surface area contributed by atoms with E-state index >= 15 is 0 Å². The first-order valence-corrected chi connectivity index (χ1v) is 8.27. The van der Waals surface area contributed by atoms with Gasteiger partial charge >= 0.3 is 0 Å². The first kappa shape index (κ1) is 17.2. The van der Waals surface area contributed by atoms with E-state index in [4.69, 9.17) is 9.15 Å². The summed E-state index contributed by atoms with van der Waals surface area (Å²) in [6.45, 7) is 5.25. The summed E-state index contributed by atoms with van der Waals surface area (Å²) < 4.78 is 10.5. The number of carbonyl (C=O) groups excluding carboxylic acids is 1. The lowest BCUT2D eigenvalue weighted by Gasteiger charge is -2.22. The second-order valence-electron chi connectivity index (χ2n) is 6.12. The third-order valence-corrected chi connectivity index (χ3v) is 4.17. The van der Waals surface area contributed by atoms with Crippen molar-refractivity contribution in [3.05, 3.63) is 65.2 Å². The van der Waals surface area contributed by atoms with Crippen molar-refractivity contribution < 1.29 is 13.9 Å². The number of pyridine rings is 1. The van der Waals surface area contributed by atoms with Crippen LogP contribution >= 0.6 is 0 Å². The number of rotatable bonds is 6. The molecule has 5 nitrogen and oxygen atoms in total. The van der Waals surface area contributed by atoms with E-state index in [0.717, 1.165) is 27.9 Å². The molecule has 0 bridgehead atoms. The summed E-state index contributed by atoms with van der Waals surface area (Å²) in [4.78, 5) is 19.4. The molecule has 5 heteroatoms. The van der Waals surface area contributed by atoms with Crippen molar-refractivity contribution >= 4 is 16.8 Å². The number of fused-ring (bicyclic) bond motifs is 1. The Balaban J connectivity index is 1.94. The van der Waals surface area contributed by atoms with Crippen LogP contribution in [-0.4, -0.2) is 36.1 Å². The van der Waals surface area contributed by atoms with Crippen LogP contribution in [0.5, 0.6) is 0 Å². The van der Waals surface area contributed by atoms with Gasteiger partial charge in [0, 0.05) is 19.0 Å². The molecule has 1 aromatic carbocycles. The van der Waals surface area contributed by atoms with Crippen LogP contribution in [0.4, 0.5) is 0 Å². The molecule has 1 amide bonds. The fraction of sp³-hybridized carbons (Fsp3) is 0.300. The number of hydrogen-bond acceptors (Lipinski definition) is 4. The van der Waals surface area contributed by atoms with Crippen LogP contribution in [0.25, 0.3) is 10.9 Å². The van der Waals surface area contributed by atoms with Crippen molar-refractivity contribution in [2.45, 2.75) is 20.4 Å². The Morgan fingerprint density at radius 2 is 2.08 bits per heavy atom. The minimum atomic E-state index is -0.0677. The van der Waals surface area contributed by atoms with Crippen LogP contribution in [0.2, 0.25) is 0 Å². The Kier molecular flexibility index (Phi) is 5.14. The molecule has 130 valence electrons. The zero-order chi connectivity index (χ0) is 17.8. The van der Waals surface area contributed by atoms with Crippen molar-refractivity contribution in [2.24, 2.45) is 0 Å². The Hall–Kier alpha value is -2.66. The van der Waals surface area contributed by atoms with E-state index in [1.54, 1.807) is 18.3 Å². The van der Waals surface area contributed by atoms with E-state index in [1.807, 2.05) is 50.2 Å². The fourth-order valence-electron chi connectivity index (χ4n) is 2.82. The molecule has 0 unspecified atom stereocenters. The third-order valence-electron chi connectivity index (χ3n) is 4.17. The summed E-state index contributed by atoms with van der Waals surface area (Å²) in [5.41, 5.74) is 3.38. The van der Waals surface area contributed by atoms with Crippen molar-refractivity contribution in [1.29, 1.82) is 0 Å². The van der Waals surface area contributed by atoms with Gasteiger partial charge in [0.1, 0.15) is 5.76 Å². The van der Waals surface area contributed by atoms with Crippen molar-refractivity contribution in [3.8, 4) is 0 Å². The molecule has 2 heterocycles. The van der Waals surface area contributed by atoms with Gasteiger partial charge < -0.3 is 14.1 Å². The number of aryl methyl sites for hydroxylation is 2. The zero-order valence-electron chi connectivity index (χ0n) is 14.8. The number of furan rings is 1. The maximum atomic E-state index is 13.1. The third kappa shape index (κ3) is 3.88. The van der Waals surface area contributed by atoms with Gasteiger partial charge in [0.2, 0.25) is 0 Å². The fourth-order valence-corrected chi connectivity index (χ4v) is 2.82. The maximum absolute atomic E-state index is 13.1. The number of methoxy groups -OCH3 is 1. The van der Waals surface area contributed by atoms with Gasteiger partial charge in [0.15, 0.2) is 0 Å².